The van der Waals surface area contributed by atoms with Gasteiger partial charge in [0.2, 0.25) is 5.91 Å². The van der Waals surface area contributed by atoms with E-state index in [2.05, 4.69) is 16.0 Å². The Bertz CT molecular complexity index is 1130. The number of benzene rings is 2. The van der Waals surface area contributed by atoms with Gasteiger partial charge in [0.05, 0.1) is 17.3 Å². The summed E-state index contributed by atoms with van der Waals surface area (Å²) in [7, 11) is 0. The van der Waals surface area contributed by atoms with E-state index in [4.69, 9.17) is 0 Å². The smallest absolute Gasteiger partial charge is 0.273 e. The Morgan fingerprint density at radius 2 is 1.64 bits per heavy atom. The zero-order chi connectivity index (χ0) is 20.1. The Kier molecular flexibility index (Phi) is 5.69. The molecule has 8 nitrogen and oxygen atoms in total. The van der Waals surface area contributed by atoms with Crippen LogP contribution < -0.4 is 22.0 Å². The maximum atomic E-state index is 12.4. The molecular formula is C20H20N4O4. The monoisotopic (exact) mass is 380 g/mol. The molecule has 0 radical (unpaired) electrons. The molecule has 3 aromatic rings. The summed E-state index contributed by atoms with van der Waals surface area (Å²) >= 11 is 0. The number of carbonyl (C=O) groups is 2. The molecule has 0 saturated heterocycles. The molecule has 2 aromatic carbocycles. The number of aromatic nitrogens is 2. The van der Waals surface area contributed by atoms with Crippen molar-refractivity contribution in [3.8, 4) is 0 Å². The van der Waals surface area contributed by atoms with Crippen LogP contribution in [0.4, 0.5) is 0 Å². The molecule has 1 aromatic heterocycles. The molecule has 3 rings (SSSR count). The van der Waals surface area contributed by atoms with E-state index in [1.165, 1.54) is 0 Å². The summed E-state index contributed by atoms with van der Waals surface area (Å²) in [5, 5.41) is 3.04. The molecule has 28 heavy (non-hydrogen) atoms. The number of aryl methyl sites for hydroxylation is 2. The number of nitrogens with zero attached hydrogens (tertiary/aromatic N) is 1. The minimum atomic E-state index is -0.487. The third-order valence-corrected chi connectivity index (χ3v) is 4.39. The van der Waals surface area contributed by atoms with Crippen LogP contribution in [-0.4, -0.2) is 21.6 Å². The van der Waals surface area contributed by atoms with Gasteiger partial charge in [0.1, 0.15) is 0 Å². The van der Waals surface area contributed by atoms with E-state index in [-0.39, 0.29) is 23.9 Å². The summed E-state index contributed by atoms with van der Waals surface area (Å²) in [6.07, 6.45) is 0.776. The van der Waals surface area contributed by atoms with E-state index in [1.54, 1.807) is 36.4 Å². The molecule has 0 unspecified atom stereocenters. The van der Waals surface area contributed by atoms with Crippen LogP contribution in [0.3, 0.4) is 0 Å². The first-order valence-corrected chi connectivity index (χ1v) is 8.89. The SMILES string of the molecule is CCc1ccc(C(=O)NNC(=O)CCn2[nH]c(=O)c3ccccc3c2=O)cc1. The highest BCUT2D eigenvalue weighted by molar-refractivity contribution is 5.95. The van der Waals surface area contributed by atoms with Crippen molar-refractivity contribution in [2.45, 2.75) is 26.3 Å². The van der Waals surface area contributed by atoms with Crippen LogP contribution in [0, 0.1) is 0 Å². The number of nitrogens with one attached hydrogen (secondary N) is 3. The van der Waals surface area contributed by atoms with E-state index in [0.29, 0.717) is 10.9 Å². The molecule has 3 N–H and O–H groups in total. The van der Waals surface area contributed by atoms with Crippen LogP contribution in [0.5, 0.6) is 0 Å². The Hall–Kier alpha value is -3.68. The van der Waals surface area contributed by atoms with Gasteiger partial charge in [-0.25, -0.2) is 4.68 Å². The third-order valence-electron chi connectivity index (χ3n) is 4.39. The van der Waals surface area contributed by atoms with Gasteiger partial charge in [-0.3, -0.25) is 35.1 Å². The maximum Gasteiger partial charge on any atom is 0.273 e. The second-order valence-corrected chi connectivity index (χ2v) is 6.25. The maximum absolute atomic E-state index is 12.4. The number of aromatic amines is 1. The number of fused-ring (bicyclic) bond motifs is 1. The van der Waals surface area contributed by atoms with Crippen molar-refractivity contribution < 1.29 is 9.59 Å². The summed E-state index contributed by atoms with van der Waals surface area (Å²) in [6.45, 7) is 2.00. The molecule has 144 valence electrons. The molecule has 0 bridgehead atoms. The standard InChI is InChI=1S/C20H20N4O4/c1-2-13-7-9-14(10-8-13)18(26)22-21-17(25)11-12-24-20(28)16-6-4-3-5-15(16)19(27)23-24/h3-10H,2,11-12H2,1H3,(H,21,25)(H,22,26)(H,23,27). The van der Waals surface area contributed by atoms with Crippen molar-refractivity contribution >= 4 is 22.6 Å². The van der Waals surface area contributed by atoms with Crippen LogP contribution >= 0.6 is 0 Å². The fourth-order valence-corrected chi connectivity index (χ4v) is 2.77. The molecule has 0 fully saturated rings. The number of rotatable bonds is 5. The summed E-state index contributed by atoms with van der Waals surface area (Å²) < 4.78 is 1.09. The number of amides is 2. The van der Waals surface area contributed by atoms with Crippen LogP contribution in [0.15, 0.2) is 58.1 Å². The summed E-state index contributed by atoms with van der Waals surface area (Å²) in [6, 6.07) is 13.5. The average molecular weight is 380 g/mol. The molecule has 0 spiro atoms. The lowest BCUT2D eigenvalue weighted by atomic mass is 10.1. The molecule has 0 aliphatic rings. The van der Waals surface area contributed by atoms with Crippen LogP contribution in [0.2, 0.25) is 0 Å². The topological polar surface area (TPSA) is 113 Å². The van der Waals surface area contributed by atoms with Gasteiger partial charge in [-0.1, -0.05) is 31.2 Å². The summed E-state index contributed by atoms with van der Waals surface area (Å²) in [5.74, 6) is -0.924. The zero-order valence-corrected chi connectivity index (χ0v) is 15.3. The minimum Gasteiger partial charge on any atom is -0.273 e. The first-order chi connectivity index (χ1) is 13.5. The van der Waals surface area contributed by atoms with Crippen LogP contribution in [0.25, 0.3) is 10.8 Å². The molecule has 0 aliphatic heterocycles. The van der Waals surface area contributed by atoms with Gasteiger partial charge in [0, 0.05) is 12.0 Å². The normalized spacial score (nSPS) is 10.6. The van der Waals surface area contributed by atoms with Crippen molar-refractivity contribution in [1.82, 2.24) is 20.6 Å². The highest BCUT2D eigenvalue weighted by Crippen LogP contribution is 2.05. The van der Waals surface area contributed by atoms with Gasteiger partial charge < -0.3 is 0 Å². The number of H-pyrrole nitrogens is 1. The lowest BCUT2D eigenvalue weighted by Crippen LogP contribution is -2.42. The Morgan fingerprint density at radius 3 is 2.32 bits per heavy atom. The highest BCUT2D eigenvalue weighted by Gasteiger charge is 2.10. The highest BCUT2D eigenvalue weighted by atomic mass is 16.2. The van der Waals surface area contributed by atoms with Crippen molar-refractivity contribution in [3.63, 3.8) is 0 Å². The fourth-order valence-electron chi connectivity index (χ4n) is 2.77. The summed E-state index contributed by atoms with van der Waals surface area (Å²) in [4.78, 5) is 48.4. The third kappa shape index (κ3) is 4.17. The second-order valence-electron chi connectivity index (χ2n) is 6.25. The van der Waals surface area contributed by atoms with E-state index in [1.807, 2.05) is 19.1 Å². The van der Waals surface area contributed by atoms with E-state index >= 15 is 0 Å². The lowest BCUT2D eigenvalue weighted by molar-refractivity contribution is -0.122. The van der Waals surface area contributed by atoms with Gasteiger partial charge >= 0.3 is 0 Å². The van der Waals surface area contributed by atoms with Gasteiger partial charge in [-0.2, -0.15) is 0 Å². The number of hydrogen-bond acceptors (Lipinski definition) is 4. The molecule has 2 amide bonds. The van der Waals surface area contributed by atoms with Crippen molar-refractivity contribution in [1.29, 1.82) is 0 Å². The van der Waals surface area contributed by atoms with Crippen molar-refractivity contribution in [2.75, 3.05) is 0 Å². The van der Waals surface area contributed by atoms with Crippen LogP contribution in [-0.2, 0) is 17.8 Å². The lowest BCUT2D eigenvalue weighted by Gasteiger charge is -2.09. The van der Waals surface area contributed by atoms with Crippen molar-refractivity contribution in [3.05, 3.63) is 80.4 Å². The van der Waals surface area contributed by atoms with E-state index in [0.717, 1.165) is 16.7 Å². The predicted molar refractivity (Wildman–Crippen MR) is 105 cm³/mol. The van der Waals surface area contributed by atoms with E-state index < -0.39 is 17.4 Å². The quantitative estimate of drug-likeness (QED) is 0.575. The molecule has 0 atom stereocenters. The average Bonchev–Trinajstić information content (AvgIpc) is 2.73. The summed E-state index contributed by atoms with van der Waals surface area (Å²) in [5.41, 5.74) is 5.38. The largest absolute Gasteiger partial charge is 0.273 e. The molecule has 1 heterocycles. The minimum absolute atomic E-state index is 0.0220. The first-order valence-electron chi connectivity index (χ1n) is 8.89. The second kappa shape index (κ2) is 8.34. The number of hydrazine groups is 1. The molecular weight excluding hydrogens is 360 g/mol. The Labute approximate surface area is 160 Å². The Morgan fingerprint density at radius 1 is 0.964 bits per heavy atom. The zero-order valence-electron chi connectivity index (χ0n) is 15.3. The molecule has 0 aliphatic carbocycles. The first kappa shape index (κ1) is 19.1. The molecule has 0 saturated carbocycles. The van der Waals surface area contributed by atoms with Gasteiger partial charge in [0.25, 0.3) is 17.0 Å². The van der Waals surface area contributed by atoms with Gasteiger partial charge in [0.15, 0.2) is 0 Å². The van der Waals surface area contributed by atoms with E-state index in [9.17, 15) is 19.2 Å². The molecule has 8 heteroatoms. The number of hydrogen-bond donors (Lipinski definition) is 3. The number of carbonyl (C=O) groups excluding carboxylic acids is 2. The fraction of sp³-hybridized carbons (Fsp3) is 0.200. The van der Waals surface area contributed by atoms with Gasteiger partial charge in [-0.15, -0.1) is 0 Å². The predicted octanol–water partition coefficient (Wildman–Crippen LogP) is 1.10. The van der Waals surface area contributed by atoms with Crippen molar-refractivity contribution in [2.24, 2.45) is 0 Å². The van der Waals surface area contributed by atoms with Crippen LogP contribution in [0.1, 0.15) is 29.3 Å². The van der Waals surface area contributed by atoms with Gasteiger partial charge in [-0.05, 0) is 36.2 Å². The Balaban J connectivity index is 1.59.